The number of halogens is 2. The number of benzene rings is 1. The summed E-state index contributed by atoms with van der Waals surface area (Å²) in [6.07, 6.45) is 1.43. The molecule has 4 nitrogen and oxygen atoms in total. The minimum atomic E-state index is -0.575. The molecular formula is C14H16BrFN2O2. The Morgan fingerprint density at radius 3 is 2.95 bits per heavy atom. The molecule has 0 bridgehead atoms. The van der Waals surface area contributed by atoms with Crippen LogP contribution in [0.4, 0.5) is 4.39 Å². The first-order valence-corrected chi connectivity index (χ1v) is 7.31. The molecule has 1 atom stereocenters. The van der Waals surface area contributed by atoms with E-state index in [9.17, 15) is 14.0 Å². The number of carbonyl (C=O) groups excluding carboxylic acids is 2. The molecule has 1 heterocycles. The van der Waals surface area contributed by atoms with Gasteiger partial charge in [-0.2, -0.15) is 0 Å². The van der Waals surface area contributed by atoms with Crippen LogP contribution >= 0.6 is 15.9 Å². The van der Waals surface area contributed by atoms with Crippen molar-refractivity contribution in [2.24, 2.45) is 0 Å². The smallest absolute Gasteiger partial charge is 0.254 e. The molecule has 0 aromatic heterocycles. The Morgan fingerprint density at radius 2 is 2.30 bits per heavy atom. The van der Waals surface area contributed by atoms with E-state index in [-0.39, 0.29) is 22.0 Å². The minimum Gasteiger partial charge on any atom is -0.348 e. The molecule has 20 heavy (non-hydrogen) atoms. The Balaban J connectivity index is 1.97. The van der Waals surface area contributed by atoms with E-state index < -0.39 is 11.7 Å². The minimum absolute atomic E-state index is 0.000950. The van der Waals surface area contributed by atoms with Gasteiger partial charge in [-0.05, 0) is 41.4 Å². The SMILES string of the molecule is CC(CN1CCCC1=O)NC(=O)c1cccc(Br)c1F. The van der Waals surface area contributed by atoms with E-state index in [1.54, 1.807) is 24.0 Å². The Hall–Kier alpha value is -1.43. The monoisotopic (exact) mass is 342 g/mol. The summed E-state index contributed by atoms with van der Waals surface area (Å²) in [5.74, 6) is -0.933. The number of rotatable bonds is 4. The van der Waals surface area contributed by atoms with Crippen LogP contribution in [-0.2, 0) is 4.79 Å². The van der Waals surface area contributed by atoms with Crippen LogP contribution < -0.4 is 5.32 Å². The molecule has 1 aliphatic rings. The first kappa shape index (κ1) is 15.0. The normalized spacial score (nSPS) is 16.4. The van der Waals surface area contributed by atoms with Crippen LogP contribution in [0.2, 0.25) is 0 Å². The standard InChI is InChI=1S/C14H16BrFN2O2/c1-9(8-18-7-3-6-12(18)19)17-14(20)10-4-2-5-11(15)13(10)16/h2,4-5,9H,3,6-8H2,1H3,(H,17,20). The first-order chi connectivity index (χ1) is 9.49. The second-order valence-corrected chi connectivity index (χ2v) is 5.77. The predicted molar refractivity (Wildman–Crippen MR) is 76.8 cm³/mol. The van der Waals surface area contributed by atoms with Crippen molar-refractivity contribution in [3.63, 3.8) is 0 Å². The van der Waals surface area contributed by atoms with Crippen LogP contribution in [0.15, 0.2) is 22.7 Å². The highest BCUT2D eigenvalue weighted by Crippen LogP contribution is 2.18. The average Bonchev–Trinajstić information content (AvgIpc) is 2.78. The third-order valence-electron chi connectivity index (χ3n) is 3.24. The molecule has 0 aliphatic carbocycles. The highest BCUT2D eigenvalue weighted by atomic mass is 79.9. The molecule has 0 radical (unpaired) electrons. The Labute approximate surface area is 125 Å². The van der Waals surface area contributed by atoms with Crippen molar-refractivity contribution in [2.45, 2.75) is 25.8 Å². The molecular weight excluding hydrogens is 327 g/mol. The average molecular weight is 343 g/mol. The van der Waals surface area contributed by atoms with Crippen molar-refractivity contribution in [3.8, 4) is 0 Å². The van der Waals surface area contributed by atoms with Crippen molar-refractivity contribution < 1.29 is 14.0 Å². The number of likely N-dealkylation sites (tertiary alicyclic amines) is 1. The second kappa shape index (κ2) is 6.35. The van der Waals surface area contributed by atoms with E-state index >= 15 is 0 Å². The van der Waals surface area contributed by atoms with Gasteiger partial charge in [0, 0.05) is 25.6 Å². The van der Waals surface area contributed by atoms with Gasteiger partial charge in [-0.15, -0.1) is 0 Å². The summed E-state index contributed by atoms with van der Waals surface area (Å²) >= 11 is 3.05. The maximum Gasteiger partial charge on any atom is 0.254 e. The summed E-state index contributed by atoms with van der Waals surface area (Å²) < 4.78 is 14.1. The number of hydrogen-bond donors (Lipinski definition) is 1. The second-order valence-electron chi connectivity index (χ2n) is 4.92. The first-order valence-electron chi connectivity index (χ1n) is 6.51. The van der Waals surface area contributed by atoms with Gasteiger partial charge in [0.25, 0.3) is 5.91 Å². The van der Waals surface area contributed by atoms with E-state index in [2.05, 4.69) is 21.2 Å². The maximum absolute atomic E-state index is 13.8. The molecule has 1 aromatic rings. The van der Waals surface area contributed by atoms with Gasteiger partial charge < -0.3 is 10.2 Å². The number of nitrogens with zero attached hydrogens (tertiary/aromatic N) is 1. The summed E-state index contributed by atoms with van der Waals surface area (Å²) in [5, 5.41) is 2.72. The van der Waals surface area contributed by atoms with Crippen molar-refractivity contribution >= 4 is 27.7 Å². The lowest BCUT2D eigenvalue weighted by Crippen LogP contribution is -2.42. The molecule has 1 N–H and O–H groups in total. The molecule has 2 rings (SSSR count). The van der Waals surface area contributed by atoms with Gasteiger partial charge >= 0.3 is 0 Å². The van der Waals surface area contributed by atoms with Gasteiger partial charge in [-0.1, -0.05) is 6.07 Å². The molecule has 108 valence electrons. The molecule has 2 amide bonds. The summed E-state index contributed by atoms with van der Waals surface area (Å²) in [4.78, 5) is 25.2. The topological polar surface area (TPSA) is 49.4 Å². The zero-order chi connectivity index (χ0) is 14.7. The van der Waals surface area contributed by atoms with Crippen molar-refractivity contribution in [1.82, 2.24) is 10.2 Å². The molecule has 0 saturated carbocycles. The lowest BCUT2D eigenvalue weighted by Gasteiger charge is -2.21. The van der Waals surface area contributed by atoms with Crippen LogP contribution in [0.1, 0.15) is 30.1 Å². The van der Waals surface area contributed by atoms with E-state index in [4.69, 9.17) is 0 Å². The summed E-state index contributed by atoms with van der Waals surface area (Å²) in [7, 11) is 0. The van der Waals surface area contributed by atoms with Crippen LogP contribution in [0.5, 0.6) is 0 Å². The van der Waals surface area contributed by atoms with Gasteiger partial charge in [-0.25, -0.2) is 4.39 Å². The number of hydrogen-bond acceptors (Lipinski definition) is 2. The van der Waals surface area contributed by atoms with E-state index in [0.717, 1.165) is 13.0 Å². The number of carbonyl (C=O) groups is 2. The van der Waals surface area contributed by atoms with E-state index in [0.29, 0.717) is 13.0 Å². The Morgan fingerprint density at radius 1 is 1.55 bits per heavy atom. The molecule has 1 aromatic carbocycles. The predicted octanol–water partition coefficient (Wildman–Crippen LogP) is 2.33. The maximum atomic E-state index is 13.8. The van der Waals surface area contributed by atoms with Crippen molar-refractivity contribution in [1.29, 1.82) is 0 Å². The third-order valence-corrected chi connectivity index (χ3v) is 3.85. The van der Waals surface area contributed by atoms with Crippen molar-refractivity contribution in [2.75, 3.05) is 13.1 Å². The van der Waals surface area contributed by atoms with E-state index in [1.807, 2.05) is 0 Å². The quantitative estimate of drug-likeness (QED) is 0.912. The molecule has 1 unspecified atom stereocenters. The van der Waals surface area contributed by atoms with Crippen LogP contribution in [0, 0.1) is 5.82 Å². The molecule has 6 heteroatoms. The number of nitrogens with one attached hydrogen (secondary N) is 1. The lowest BCUT2D eigenvalue weighted by atomic mass is 10.2. The molecule has 1 aliphatic heterocycles. The third kappa shape index (κ3) is 3.36. The zero-order valence-corrected chi connectivity index (χ0v) is 12.7. The largest absolute Gasteiger partial charge is 0.348 e. The van der Waals surface area contributed by atoms with Gasteiger partial charge in [0.1, 0.15) is 5.82 Å². The van der Waals surface area contributed by atoms with Gasteiger partial charge in [-0.3, -0.25) is 9.59 Å². The summed E-state index contributed by atoms with van der Waals surface area (Å²) in [6, 6.07) is 4.36. The molecule has 1 fully saturated rings. The summed E-state index contributed by atoms with van der Waals surface area (Å²) in [6.45, 7) is 2.99. The molecule has 0 spiro atoms. The van der Waals surface area contributed by atoms with Gasteiger partial charge in [0.2, 0.25) is 5.91 Å². The Kier molecular flexibility index (Phi) is 4.75. The highest BCUT2D eigenvalue weighted by molar-refractivity contribution is 9.10. The van der Waals surface area contributed by atoms with Crippen LogP contribution in [0.25, 0.3) is 0 Å². The fourth-order valence-electron chi connectivity index (χ4n) is 2.25. The number of amides is 2. The summed E-state index contributed by atoms with van der Waals surface area (Å²) in [5.41, 5.74) is -0.000950. The fourth-order valence-corrected chi connectivity index (χ4v) is 2.62. The Bertz CT molecular complexity index is 536. The van der Waals surface area contributed by atoms with Gasteiger partial charge in [0.05, 0.1) is 10.0 Å². The highest BCUT2D eigenvalue weighted by Gasteiger charge is 2.23. The van der Waals surface area contributed by atoms with Crippen LogP contribution in [0.3, 0.4) is 0 Å². The fraction of sp³-hybridized carbons (Fsp3) is 0.429. The van der Waals surface area contributed by atoms with Gasteiger partial charge in [0.15, 0.2) is 0 Å². The van der Waals surface area contributed by atoms with E-state index in [1.165, 1.54) is 6.07 Å². The molecule has 1 saturated heterocycles. The zero-order valence-electron chi connectivity index (χ0n) is 11.2. The van der Waals surface area contributed by atoms with Crippen LogP contribution in [-0.4, -0.2) is 35.8 Å². The van der Waals surface area contributed by atoms with Crippen molar-refractivity contribution in [3.05, 3.63) is 34.1 Å². The lowest BCUT2D eigenvalue weighted by molar-refractivity contribution is -0.127.